The predicted molar refractivity (Wildman–Crippen MR) is 74.3 cm³/mol. The van der Waals surface area contributed by atoms with Crippen molar-refractivity contribution in [3.63, 3.8) is 0 Å². The van der Waals surface area contributed by atoms with Crippen LogP contribution in [-0.4, -0.2) is 23.3 Å². The first-order valence-corrected chi connectivity index (χ1v) is 6.63. The lowest BCUT2D eigenvalue weighted by Gasteiger charge is -2.15. The molecular formula is C13H15F3N4O2. The van der Waals surface area contributed by atoms with E-state index >= 15 is 0 Å². The van der Waals surface area contributed by atoms with E-state index < -0.39 is 17.5 Å². The average molecular weight is 316 g/mol. The molecule has 0 aliphatic rings. The highest BCUT2D eigenvalue weighted by Crippen LogP contribution is 2.36. The molecule has 120 valence electrons. The molecule has 4 N–H and O–H groups in total. The number of unbranched alkanes of at least 4 members (excludes halogenated alkanes) is 1. The zero-order chi connectivity index (χ0) is 16.2. The van der Waals surface area contributed by atoms with Crippen molar-refractivity contribution >= 4 is 5.69 Å². The Morgan fingerprint density at radius 3 is 2.68 bits per heavy atom. The van der Waals surface area contributed by atoms with Gasteiger partial charge in [-0.2, -0.15) is 13.2 Å². The van der Waals surface area contributed by atoms with Crippen LogP contribution in [0.5, 0.6) is 0 Å². The van der Waals surface area contributed by atoms with E-state index in [0.29, 0.717) is 25.9 Å². The Hall–Kier alpha value is -2.29. The normalized spacial score (nSPS) is 11.6. The molecule has 0 atom stereocenters. The first kappa shape index (κ1) is 16.1. The van der Waals surface area contributed by atoms with Crippen LogP contribution in [0, 0.1) is 0 Å². The van der Waals surface area contributed by atoms with Gasteiger partial charge in [0.1, 0.15) is 0 Å². The SMILES string of the molecule is NCCCCNc1cc(-c2n[nH]c(=O)o2)ccc1C(F)(F)F. The predicted octanol–water partition coefficient (Wildman–Crippen LogP) is 2.20. The quantitative estimate of drug-likeness (QED) is 0.710. The molecule has 2 rings (SSSR count). The Labute approximate surface area is 123 Å². The molecule has 9 heteroatoms. The summed E-state index contributed by atoms with van der Waals surface area (Å²) in [5.41, 5.74) is 4.74. The van der Waals surface area contributed by atoms with Gasteiger partial charge in [-0.1, -0.05) is 0 Å². The van der Waals surface area contributed by atoms with Crippen molar-refractivity contribution in [3.05, 3.63) is 34.3 Å². The average Bonchev–Trinajstić information content (AvgIpc) is 2.89. The summed E-state index contributed by atoms with van der Waals surface area (Å²) < 4.78 is 43.8. The van der Waals surface area contributed by atoms with Gasteiger partial charge in [-0.05, 0) is 37.6 Å². The van der Waals surface area contributed by atoms with E-state index in [1.807, 2.05) is 0 Å². The Balaban J connectivity index is 2.30. The van der Waals surface area contributed by atoms with Crippen LogP contribution in [0.3, 0.4) is 0 Å². The van der Waals surface area contributed by atoms with E-state index in [2.05, 4.69) is 15.5 Å². The number of aromatic amines is 1. The summed E-state index contributed by atoms with van der Waals surface area (Å²) in [5, 5.41) is 8.40. The number of nitrogens with zero attached hydrogens (tertiary/aromatic N) is 1. The second-order valence-corrected chi connectivity index (χ2v) is 4.60. The largest absolute Gasteiger partial charge is 0.434 e. The van der Waals surface area contributed by atoms with E-state index in [0.717, 1.165) is 6.07 Å². The van der Waals surface area contributed by atoms with Gasteiger partial charge in [0.15, 0.2) is 0 Å². The number of alkyl halides is 3. The van der Waals surface area contributed by atoms with Crippen LogP contribution in [-0.2, 0) is 6.18 Å². The number of nitrogens with one attached hydrogen (secondary N) is 2. The van der Waals surface area contributed by atoms with Gasteiger partial charge in [-0.15, -0.1) is 5.10 Å². The topological polar surface area (TPSA) is 96.9 Å². The van der Waals surface area contributed by atoms with Crippen molar-refractivity contribution in [3.8, 4) is 11.5 Å². The van der Waals surface area contributed by atoms with E-state index in [1.54, 1.807) is 0 Å². The molecule has 0 saturated carbocycles. The zero-order valence-corrected chi connectivity index (χ0v) is 11.5. The fourth-order valence-electron chi connectivity index (χ4n) is 1.92. The lowest BCUT2D eigenvalue weighted by molar-refractivity contribution is -0.136. The van der Waals surface area contributed by atoms with Gasteiger partial charge in [0, 0.05) is 17.8 Å². The summed E-state index contributed by atoms with van der Waals surface area (Å²) in [5.74, 6) is -0.837. The number of halogens is 3. The second kappa shape index (κ2) is 6.65. The zero-order valence-electron chi connectivity index (χ0n) is 11.5. The smallest absolute Gasteiger partial charge is 0.388 e. The van der Waals surface area contributed by atoms with Crippen molar-refractivity contribution in [1.82, 2.24) is 10.2 Å². The van der Waals surface area contributed by atoms with Gasteiger partial charge < -0.3 is 15.5 Å². The number of aromatic nitrogens is 2. The molecule has 6 nitrogen and oxygen atoms in total. The molecule has 22 heavy (non-hydrogen) atoms. The van der Waals surface area contributed by atoms with Crippen molar-refractivity contribution in [2.45, 2.75) is 19.0 Å². The summed E-state index contributed by atoms with van der Waals surface area (Å²) in [6.45, 7) is 0.834. The molecular weight excluding hydrogens is 301 g/mol. The van der Waals surface area contributed by atoms with Crippen molar-refractivity contribution < 1.29 is 17.6 Å². The van der Waals surface area contributed by atoms with Gasteiger partial charge in [-0.25, -0.2) is 9.89 Å². The molecule has 0 spiro atoms. The summed E-state index contributed by atoms with van der Waals surface area (Å²) in [4.78, 5) is 10.9. The Kier molecular flexibility index (Phi) is 4.86. The molecule has 0 aliphatic carbocycles. The van der Waals surface area contributed by atoms with Gasteiger partial charge in [0.05, 0.1) is 5.56 Å². The monoisotopic (exact) mass is 316 g/mol. The van der Waals surface area contributed by atoms with Crippen molar-refractivity contribution in [1.29, 1.82) is 0 Å². The Bertz CT molecular complexity index is 678. The van der Waals surface area contributed by atoms with Crippen LogP contribution in [0.25, 0.3) is 11.5 Å². The van der Waals surface area contributed by atoms with Crippen LogP contribution >= 0.6 is 0 Å². The van der Waals surface area contributed by atoms with Crippen molar-refractivity contribution in [2.75, 3.05) is 18.4 Å². The maximum Gasteiger partial charge on any atom is 0.434 e. The minimum absolute atomic E-state index is 0.0660. The lowest BCUT2D eigenvalue weighted by atomic mass is 10.1. The highest BCUT2D eigenvalue weighted by atomic mass is 19.4. The molecule has 1 aromatic carbocycles. The van der Waals surface area contributed by atoms with Crippen LogP contribution < -0.4 is 16.8 Å². The molecule has 0 bridgehead atoms. The van der Waals surface area contributed by atoms with E-state index in [4.69, 9.17) is 10.2 Å². The fourth-order valence-corrected chi connectivity index (χ4v) is 1.92. The maximum atomic E-state index is 13.0. The number of H-pyrrole nitrogens is 1. The van der Waals surface area contributed by atoms with Crippen LogP contribution in [0.1, 0.15) is 18.4 Å². The van der Waals surface area contributed by atoms with Crippen LogP contribution in [0.15, 0.2) is 27.4 Å². The minimum atomic E-state index is -4.48. The second-order valence-electron chi connectivity index (χ2n) is 4.60. The first-order chi connectivity index (χ1) is 10.4. The van der Waals surface area contributed by atoms with Gasteiger partial charge >= 0.3 is 11.9 Å². The summed E-state index contributed by atoms with van der Waals surface area (Å²) in [6, 6.07) is 3.38. The minimum Gasteiger partial charge on any atom is -0.388 e. The number of rotatable bonds is 6. The number of anilines is 1. The fraction of sp³-hybridized carbons (Fsp3) is 0.385. The number of hydrogen-bond donors (Lipinski definition) is 3. The number of benzene rings is 1. The molecule has 1 aromatic heterocycles. The third-order valence-corrected chi connectivity index (χ3v) is 2.96. The van der Waals surface area contributed by atoms with Gasteiger partial charge in [-0.3, -0.25) is 0 Å². The molecule has 2 aromatic rings. The van der Waals surface area contributed by atoms with Gasteiger partial charge in [0.25, 0.3) is 0 Å². The first-order valence-electron chi connectivity index (χ1n) is 6.63. The molecule has 0 saturated heterocycles. The summed E-state index contributed by atoms with van der Waals surface area (Å²) in [7, 11) is 0. The lowest BCUT2D eigenvalue weighted by Crippen LogP contribution is -2.12. The summed E-state index contributed by atoms with van der Waals surface area (Å²) in [6.07, 6.45) is -3.13. The Morgan fingerprint density at radius 1 is 1.32 bits per heavy atom. The van der Waals surface area contributed by atoms with E-state index in [1.165, 1.54) is 12.1 Å². The Morgan fingerprint density at radius 2 is 2.09 bits per heavy atom. The van der Waals surface area contributed by atoms with Crippen LogP contribution in [0.4, 0.5) is 18.9 Å². The van der Waals surface area contributed by atoms with E-state index in [-0.39, 0.29) is 17.1 Å². The van der Waals surface area contributed by atoms with Crippen molar-refractivity contribution in [2.24, 2.45) is 5.73 Å². The number of hydrogen-bond acceptors (Lipinski definition) is 5. The standard InChI is InChI=1S/C13H15F3N4O2/c14-13(15,16)9-4-3-8(11-19-20-12(21)22-11)7-10(9)18-6-2-1-5-17/h3-4,7,18H,1-2,5-6,17H2,(H,20,21). The maximum absolute atomic E-state index is 13.0. The van der Waals surface area contributed by atoms with Crippen LogP contribution in [0.2, 0.25) is 0 Å². The molecule has 1 heterocycles. The highest BCUT2D eigenvalue weighted by Gasteiger charge is 2.33. The van der Waals surface area contributed by atoms with Gasteiger partial charge in [0.2, 0.25) is 5.89 Å². The molecule has 0 aliphatic heterocycles. The molecule has 0 radical (unpaired) electrons. The highest BCUT2D eigenvalue weighted by molar-refractivity contribution is 5.65. The van der Waals surface area contributed by atoms with E-state index in [9.17, 15) is 18.0 Å². The summed E-state index contributed by atoms with van der Waals surface area (Å²) >= 11 is 0. The molecule has 0 amide bonds. The third kappa shape index (κ3) is 3.88. The third-order valence-electron chi connectivity index (χ3n) is 2.96. The molecule has 0 unspecified atom stereocenters. The molecule has 0 fully saturated rings. The number of nitrogens with two attached hydrogens (primary N) is 1.